The number of unbranched alkanes of at least 4 members (excludes halogenated alkanes) is 5. The van der Waals surface area contributed by atoms with Gasteiger partial charge in [0, 0.05) is 12.8 Å². The Kier molecular flexibility index (Phi) is 11.4. The fourth-order valence-corrected chi connectivity index (χ4v) is 2.33. The van der Waals surface area contributed by atoms with Gasteiger partial charge in [0.1, 0.15) is 11.8 Å². The van der Waals surface area contributed by atoms with Crippen LogP contribution in [0.15, 0.2) is 0 Å². The SMILES string of the molecule is CC(=O)CCCCCCCCC(=O)NC(CC(C)C)C(=O)O. The van der Waals surface area contributed by atoms with E-state index < -0.39 is 12.0 Å². The van der Waals surface area contributed by atoms with Crippen LogP contribution < -0.4 is 5.32 Å². The molecule has 5 heteroatoms. The van der Waals surface area contributed by atoms with E-state index in [4.69, 9.17) is 5.11 Å². The normalized spacial score (nSPS) is 12.2. The van der Waals surface area contributed by atoms with Crippen molar-refractivity contribution in [1.82, 2.24) is 5.32 Å². The zero-order chi connectivity index (χ0) is 17.0. The van der Waals surface area contributed by atoms with Gasteiger partial charge in [0.2, 0.25) is 5.91 Å². The van der Waals surface area contributed by atoms with Crippen molar-refractivity contribution in [2.75, 3.05) is 0 Å². The molecule has 22 heavy (non-hydrogen) atoms. The van der Waals surface area contributed by atoms with Crippen molar-refractivity contribution in [3.8, 4) is 0 Å². The van der Waals surface area contributed by atoms with E-state index in [2.05, 4.69) is 5.32 Å². The van der Waals surface area contributed by atoms with Gasteiger partial charge < -0.3 is 15.2 Å². The van der Waals surface area contributed by atoms with Crippen molar-refractivity contribution in [2.45, 2.75) is 84.6 Å². The minimum absolute atomic E-state index is 0.176. The van der Waals surface area contributed by atoms with Crippen LogP contribution in [0, 0.1) is 5.92 Å². The molecule has 5 nitrogen and oxygen atoms in total. The number of hydrogen-bond acceptors (Lipinski definition) is 3. The first-order valence-electron chi connectivity index (χ1n) is 8.34. The summed E-state index contributed by atoms with van der Waals surface area (Å²) in [5, 5.41) is 11.7. The van der Waals surface area contributed by atoms with Crippen LogP contribution in [0.25, 0.3) is 0 Å². The topological polar surface area (TPSA) is 83.5 Å². The summed E-state index contributed by atoms with van der Waals surface area (Å²) in [6.45, 7) is 5.49. The second-order valence-corrected chi connectivity index (χ2v) is 6.41. The molecule has 0 bridgehead atoms. The molecule has 0 fully saturated rings. The molecule has 1 atom stereocenters. The monoisotopic (exact) mass is 313 g/mol. The smallest absolute Gasteiger partial charge is 0.326 e. The molecule has 0 radical (unpaired) electrons. The van der Waals surface area contributed by atoms with E-state index in [1.54, 1.807) is 6.92 Å². The summed E-state index contributed by atoms with van der Waals surface area (Å²) in [7, 11) is 0. The van der Waals surface area contributed by atoms with Gasteiger partial charge in [-0.1, -0.05) is 39.5 Å². The molecule has 0 spiro atoms. The van der Waals surface area contributed by atoms with Crippen LogP contribution in [0.2, 0.25) is 0 Å². The van der Waals surface area contributed by atoms with Crippen LogP contribution in [0.3, 0.4) is 0 Å². The molecule has 0 rings (SSSR count). The molecule has 0 aliphatic heterocycles. The van der Waals surface area contributed by atoms with Crippen LogP contribution in [0.5, 0.6) is 0 Å². The van der Waals surface area contributed by atoms with Crippen molar-refractivity contribution < 1.29 is 19.5 Å². The van der Waals surface area contributed by atoms with E-state index in [1.807, 2.05) is 13.8 Å². The molecule has 0 aromatic carbocycles. The van der Waals surface area contributed by atoms with Gasteiger partial charge in [-0.25, -0.2) is 4.79 Å². The first kappa shape index (κ1) is 20.6. The van der Waals surface area contributed by atoms with Crippen molar-refractivity contribution in [3.05, 3.63) is 0 Å². The Hall–Kier alpha value is -1.39. The van der Waals surface area contributed by atoms with Crippen molar-refractivity contribution in [2.24, 2.45) is 5.92 Å². The van der Waals surface area contributed by atoms with Gasteiger partial charge in [-0.2, -0.15) is 0 Å². The van der Waals surface area contributed by atoms with Gasteiger partial charge in [0.25, 0.3) is 0 Å². The predicted octanol–water partition coefficient (Wildman–Crippen LogP) is 3.31. The van der Waals surface area contributed by atoms with Crippen LogP contribution in [0.1, 0.15) is 78.6 Å². The lowest BCUT2D eigenvalue weighted by molar-refractivity contribution is -0.142. The van der Waals surface area contributed by atoms with E-state index >= 15 is 0 Å². The van der Waals surface area contributed by atoms with E-state index in [1.165, 1.54) is 0 Å². The summed E-state index contributed by atoms with van der Waals surface area (Å²) < 4.78 is 0. The molecule has 0 aliphatic rings. The number of Topliss-reactive ketones (excluding diaryl/α,β-unsaturated/α-hetero) is 1. The highest BCUT2D eigenvalue weighted by atomic mass is 16.4. The highest BCUT2D eigenvalue weighted by molar-refractivity contribution is 5.83. The van der Waals surface area contributed by atoms with E-state index in [9.17, 15) is 14.4 Å². The number of amides is 1. The third-order valence-corrected chi connectivity index (χ3v) is 3.52. The lowest BCUT2D eigenvalue weighted by atomic mass is 10.0. The third kappa shape index (κ3) is 12.4. The molecule has 2 N–H and O–H groups in total. The lowest BCUT2D eigenvalue weighted by Gasteiger charge is -2.16. The molecule has 0 aromatic heterocycles. The molecule has 128 valence electrons. The molecular formula is C17H31NO4. The average molecular weight is 313 g/mol. The first-order chi connectivity index (χ1) is 10.3. The summed E-state index contributed by atoms with van der Waals surface area (Å²) in [6, 6.07) is -0.779. The van der Waals surface area contributed by atoms with Gasteiger partial charge >= 0.3 is 5.97 Å². The fraction of sp³-hybridized carbons (Fsp3) is 0.824. The van der Waals surface area contributed by atoms with Gasteiger partial charge in [-0.3, -0.25) is 4.79 Å². The standard InChI is InChI=1S/C17H31NO4/c1-13(2)12-15(17(21)22)18-16(20)11-9-7-5-4-6-8-10-14(3)19/h13,15H,4-12H2,1-3H3,(H,18,20)(H,21,22). The molecule has 0 saturated heterocycles. The summed E-state index contributed by atoms with van der Waals surface area (Å²) in [5.41, 5.74) is 0. The highest BCUT2D eigenvalue weighted by Gasteiger charge is 2.20. The summed E-state index contributed by atoms with van der Waals surface area (Å²) in [4.78, 5) is 33.6. The van der Waals surface area contributed by atoms with Crippen LogP contribution >= 0.6 is 0 Å². The van der Waals surface area contributed by atoms with E-state index in [0.29, 0.717) is 19.3 Å². The molecule has 0 saturated carbocycles. The number of ketones is 1. The van der Waals surface area contributed by atoms with Crippen molar-refractivity contribution in [1.29, 1.82) is 0 Å². The number of carboxylic acids is 1. The molecule has 0 aromatic rings. The molecule has 1 amide bonds. The number of carboxylic acid groups (broad SMARTS) is 1. The maximum absolute atomic E-state index is 11.7. The second-order valence-electron chi connectivity index (χ2n) is 6.41. The molecule has 1 unspecified atom stereocenters. The number of rotatable bonds is 13. The summed E-state index contributed by atoms with van der Waals surface area (Å²) in [5.74, 6) is -0.667. The second kappa shape index (κ2) is 12.2. The number of aliphatic carboxylic acids is 1. The van der Waals surface area contributed by atoms with Gasteiger partial charge in [0.15, 0.2) is 0 Å². The van der Waals surface area contributed by atoms with Crippen LogP contribution in [-0.4, -0.2) is 28.8 Å². The van der Waals surface area contributed by atoms with Crippen LogP contribution in [0.4, 0.5) is 0 Å². The Labute approximate surface area is 133 Å². The maximum Gasteiger partial charge on any atom is 0.326 e. The summed E-state index contributed by atoms with van der Waals surface area (Å²) >= 11 is 0. The van der Waals surface area contributed by atoms with Gasteiger partial charge in [-0.15, -0.1) is 0 Å². The number of nitrogens with one attached hydrogen (secondary N) is 1. The largest absolute Gasteiger partial charge is 0.480 e. The minimum atomic E-state index is -0.965. The Morgan fingerprint density at radius 1 is 0.909 bits per heavy atom. The summed E-state index contributed by atoms with van der Waals surface area (Å²) in [6.07, 6.45) is 7.40. The molecule has 0 heterocycles. The Morgan fingerprint density at radius 2 is 1.41 bits per heavy atom. The van der Waals surface area contributed by atoms with Gasteiger partial charge in [0.05, 0.1) is 0 Å². The van der Waals surface area contributed by atoms with Crippen molar-refractivity contribution in [3.63, 3.8) is 0 Å². The Balaban J connectivity index is 3.67. The number of carbonyl (C=O) groups excluding carboxylic acids is 2. The van der Waals surface area contributed by atoms with E-state index in [0.717, 1.165) is 38.5 Å². The third-order valence-electron chi connectivity index (χ3n) is 3.52. The zero-order valence-corrected chi connectivity index (χ0v) is 14.2. The Morgan fingerprint density at radius 3 is 1.86 bits per heavy atom. The zero-order valence-electron chi connectivity index (χ0n) is 14.2. The van der Waals surface area contributed by atoms with Gasteiger partial charge in [-0.05, 0) is 32.1 Å². The van der Waals surface area contributed by atoms with Crippen molar-refractivity contribution >= 4 is 17.7 Å². The van der Waals surface area contributed by atoms with E-state index in [-0.39, 0.29) is 17.6 Å². The molecular weight excluding hydrogens is 282 g/mol. The first-order valence-corrected chi connectivity index (χ1v) is 8.34. The van der Waals surface area contributed by atoms with Crippen LogP contribution in [-0.2, 0) is 14.4 Å². The highest BCUT2D eigenvalue weighted by Crippen LogP contribution is 2.10. The number of hydrogen-bond donors (Lipinski definition) is 2. The average Bonchev–Trinajstić information content (AvgIpc) is 2.40. The Bertz CT molecular complexity index is 353. The quantitative estimate of drug-likeness (QED) is 0.511. The predicted molar refractivity (Wildman–Crippen MR) is 86.6 cm³/mol. The fourth-order valence-electron chi connectivity index (χ4n) is 2.33. The minimum Gasteiger partial charge on any atom is -0.480 e. The maximum atomic E-state index is 11.7. The molecule has 0 aliphatic carbocycles. The lowest BCUT2D eigenvalue weighted by Crippen LogP contribution is -2.41. The number of carbonyl (C=O) groups is 3.